The summed E-state index contributed by atoms with van der Waals surface area (Å²) in [7, 11) is 1.78. The Balaban J connectivity index is 1.57. The molecule has 23 heavy (non-hydrogen) atoms. The van der Waals surface area contributed by atoms with Gasteiger partial charge >= 0.3 is 0 Å². The molecule has 126 valence electrons. The third kappa shape index (κ3) is 2.81. The first kappa shape index (κ1) is 15.2. The number of methoxy groups -OCH3 is 1. The largest absolute Gasteiger partial charge is 0.468 e. The SMILES string of the molecule is CO[C@@H]1CCC[C@@H]1[C@@H]1COCCN1C(=O)c1ccoc1C1CC1. The summed E-state index contributed by atoms with van der Waals surface area (Å²) in [5, 5.41) is 0. The summed E-state index contributed by atoms with van der Waals surface area (Å²) in [6.45, 7) is 1.89. The molecular formula is C18H25NO4. The lowest BCUT2D eigenvalue weighted by Gasteiger charge is -2.40. The topological polar surface area (TPSA) is 51.9 Å². The summed E-state index contributed by atoms with van der Waals surface area (Å²) >= 11 is 0. The third-order valence-electron chi connectivity index (χ3n) is 5.60. The van der Waals surface area contributed by atoms with E-state index in [9.17, 15) is 4.79 Å². The van der Waals surface area contributed by atoms with Crippen LogP contribution in [0, 0.1) is 5.92 Å². The molecule has 1 aromatic rings. The summed E-state index contributed by atoms with van der Waals surface area (Å²) in [6, 6.07) is 1.95. The Morgan fingerprint density at radius 1 is 1.30 bits per heavy atom. The summed E-state index contributed by atoms with van der Waals surface area (Å²) < 4.78 is 17.0. The first-order valence-corrected chi connectivity index (χ1v) is 8.78. The molecule has 3 atom stereocenters. The van der Waals surface area contributed by atoms with Gasteiger partial charge in [-0.1, -0.05) is 6.42 Å². The molecule has 1 aliphatic heterocycles. The maximum atomic E-state index is 13.1. The van der Waals surface area contributed by atoms with Crippen molar-refractivity contribution in [3.63, 3.8) is 0 Å². The van der Waals surface area contributed by atoms with Crippen molar-refractivity contribution in [1.29, 1.82) is 0 Å². The smallest absolute Gasteiger partial charge is 0.257 e. The predicted octanol–water partition coefficient (Wildman–Crippen LogP) is 2.81. The third-order valence-corrected chi connectivity index (χ3v) is 5.60. The van der Waals surface area contributed by atoms with Crippen LogP contribution in [0.2, 0.25) is 0 Å². The molecule has 0 bridgehead atoms. The molecule has 1 amide bonds. The average Bonchev–Trinajstić information content (AvgIpc) is 3.14. The van der Waals surface area contributed by atoms with E-state index in [1.807, 2.05) is 11.0 Å². The van der Waals surface area contributed by atoms with Gasteiger partial charge in [-0.15, -0.1) is 0 Å². The van der Waals surface area contributed by atoms with E-state index in [1.165, 1.54) is 6.42 Å². The Hall–Kier alpha value is -1.33. The van der Waals surface area contributed by atoms with Crippen LogP contribution in [0.25, 0.3) is 0 Å². The molecule has 0 unspecified atom stereocenters. The molecule has 2 heterocycles. The van der Waals surface area contributed by atoms with Crippen LogP contribution in [-0.2, 0) is 9.47 Å². The van der Waals surface area contributed by atoms with Crippen LogP contribution in [0.1, 0.15) is 54.1 Å². The zero-order valence-corrected chi connectivity index (χ0v) is 13.7. The van der Waals surface area contributed by atoms with Gasteiger partial charge in [-0.2, -0.15) is 0 Å². The fraction of sp³-hybridized carbons (Fsp3) is 0.722. The number of hydrogen-bond donors (Lipinski definition) is 0. The number of carbonyl (C=O) groups excluding carboxylic acids is 1. The molecule has 2 saturated carbocycles. The van der Waals surface area contributed by atoms with Gasteiger partial charge in [0.05, 0.1) is 37.2 Å². The minimum Gasteiger partial charge on any atom is -0.468 e. The van der Waals surface area contributed by atoms with Crippen molar-refractivity contribution < 1.29 is 18.7 Å². The van der Waals surface area contributed by atoms with E-state index in [2.05, 4.69) is 0 Å². The summed E-state index contributed by atoms with van der Waals surface area (Å²) in [5.74, 6) is 1.81. The minimum absolute atomic E-state index is 0.107. The molecular weight excluding hydrogens is 294 g/mol. The molecule has 5 heteroatoms. The number of hydrogen-bond acceptors (Lipinski definition) is 4. The van der Waals surface area contributed by atoms with E-state index in [0.717, 1.165) is 37.0 Å². The van der Waals surface area contributed by atoms with Crippen molar-refractivity contribution >= 4 is 5.91 Å². The molecule has 1 saturated heterocycles. The van der Waals surface area contributed by atoms with Crippen molar-refractivity contribution in [2.75, 3.05) is 26.9 Å². The van der Waals surface area contributed by atoms with Gasteiger partial charge in [-0.05, 0) is 31.7 Å². The molecule has 1 aromatic heterocycles. The second-order valence-corrected chi connectivity index (χ2v) is 6.98. The Kier molecular flexibility index (Phi) is 4.16. The highest BCUT2D eigenvalue weighted by Crippen LogP contribution is 2.43. The first-order valence-electron chi connectivity index (χ1n) is 8.78. The zero-order valence-electron chi connectivity index (χ0n) is 13.7. The van der Waals surface area contributed by atoms with Crippen molar-refractivity contribution in [2.24, 2.45) is 5.92 Å². The van der Waals surface area contributed by atoms with E-state index in [-0.39, 0.29) is 18.1 Å². The van der Waals surface area contributed by atoms with Crippen molar-refractivity contribution in [3.05, 3.63) is 23.7 Å². The first-order chi connectivity index (χ1) is 11.3. The highest BCUT2D eigenvalue weighted by Gasteiger charge is 2.42. The molecule has 0 radical (unpaired) electrons. The Morgan fingerprint density at radius 3 is 2.96 bits per heavy atom. The van der Waals surface area contributed by atoms with Crippen molar-refractivity contribution in [3.8, 4) is 0 Å². The molecule has 0 aromatic carbocycles. The van der Waals surface area contributed by atoms with Gasteiger partial charge in [-0.3, -0.25) is 4.79 Å². The van der Waals surface area contributed by atoms with Crippen LogP contribution in [0.4, 0.5) is 0 Å². The van der Waals surface area contributed by atoms with Gasteiger partial charge < -0.3 is 18.8 Å². The number of ether oxygens (including phenoxy) is 2. The summed E-state index contributed by atoms with van der Waals surface area (Å²) in [6.07, 6.45) is 7.52. The van der Waals surface area contributed by atoms with Crippen molar-refractivity contribution in [1.82, 2.24) is 4.90 Å². The Labute approximate surface area is 136 Å². The Bertz CT molecular complexity index is 565. The maximum Gasteiger partial charge on any atom is 0.257 e. The highest BCUT2D eigenvalue weighted by atomic mass is 16.5. The van der Waals surface area contributed by atoms with Crippen LogP contribution in [0.5, 0.6) is 0 Å². The van der Waals surface area contributed by atoms with Crippen LogP contribution >= 0.6 is 0 Å². The summed E-state index contributed by atoms with van der Waals surface area (Å²) in [5.41, 5.74) is 0.756. The van der Waals surface area contributed by atoms with Gasteiger partial charge in [-0.25, -0.2) is 0 Å². The maximum absolute atomic E-state index is 13.1. The van der Waals surface area contributed by atoms with Gasteiger partial charge in [0.1, 0.15) is 5.76 Å². The number of amides is 1. The van der Waals surface area contributed by atoms with E-state index >= 15 is 0 Å². The standard InChI is InChI=1S/C18H25NO4/c1-21-16-4-2-3-13(16)15-11-22-10-8-19(15)18(20)14-7-9-23-17(14)12-5-6-12/h7,9,12-13,15-16H,2-6,8,10-11H2,1H3/t13-,15+,16-/m1/s1. The fourth-order valence-electron chi connectivity index (χ4n) is 4.23. The molecule has 3 aliphatic rings. The van der Waals surface area contributed by atoms with E-state index in [4.69, 9.17) is 13.9 Å². The number of nitrogens with zero attached hydrogens (tertiary/aromatic N) is 1. The van der Waals surface area contributed by atoms with Gasteiger partial charge in [0.15, 0.2) is 0 Å². The summed E-state index contributed by atoms with van der Waals surface area (Å²) in [4.78, 5) is 15.2. The monoisotopic (exact) mass is 319 g/mol. The number of rotatable bonds is 4. The zero-order chi connectivity index (χ0) is 15.8. The fourth-order valence-corrected chi connectivity index (χ4v) is 4.23. The second kappa shape index (κ2) is 6.29. The second-order valence-electron chi connectivity index (χ2n) is 6.98. The average molecular weight is 319 g/mol. The lowest BCUT2D eigenvalue weighted by Crippen LogP contribution is -2.53. The van der Waals surface area contributed by atoms with Crippen LogP contribution in [-0.4, -0.2) is 49.8 Å². The van der Waals surface area contributed by atoms with Gasteiger partial charge in [0.2, 0.25) is 0 Å². The normalized spacial score (nSPS) is 31.5. The Morgan fingerprint density at radius 2 is 2.17 bits per heavy atom. The quantitative estimate of drug-likeness (QED) is 0.856. The highest BCUT2D eigenvalue weighted by molar-refractivity contribution is 5.95. The number of morpholine rings is 1. The lowest BCUT2D eigenvalue weighted by molar-refractivity contribution is -0.0461. The van der Waals surface area contributed by atoms with Gasteiger partial charge in [0.25, 0.3) is 5.91 Å². The predicted molar refractivity (Wildman–Crippen MR) is 84.5 cm³/mol. The number of carbonyl (C=O) groups is 1. The number of furan rings is 1. The molecule has 5 nitrogen and oxygen atoms in total. The van der Waals surface area contributed by atoms with Gasteiger partial charge in [0, 0.05) is 25.5 Å². The van der Waals surface area contributed by atoms with Crippen LogP contribution in [0.3, 0.4) is 0 Å². The molecule has 4 rings (SSSR count). The lowest BCUT2D eigenvalue weighted by atomic mass is 9.93. The molecule has 2 aliphatic carbocycles. The van der Waals surface area contributed by atoms with Crippen LogP contribution in [0.15, 0.2) is 16.7 Å². The molecule has 0 N–H and O–H groups in total. The van der Waals surface area contributed by atoms with E-state index < -0.39 is 0 Å². The van der Waals surface area contributed by atoms with Crippen molar-refractivity contribution in [2.45, 2.75) is 50.2 Å². The van der Waals surface area contributed by atoms with Crippen LogP contribution < -0.4 is 0 Å². The van der Waals surface area contributed by atoms with E-state index in [1.54, 1.807) is 13.4 Å². The van der Waals surface area contributed by atoms with E-state index in [0.29, 0.717) is 31.6 Å². The molecule has 0 spiro atoms. The minimum atomic E-state index is 0.107. The molecule has 3 fully saturated rings.